The van der Waals surface area contributed by atoms with Crippen LogP contribution in [0.2, 0.25) is 0 Å². The number of rotatable bonds is 5. The Labute approximate surface area is 153 Å². The van der Waals surface area contributed by atoms with E-state index in [1.165, 1.54) is 6.08 Å². The van der Waals surface area contributed by atoms with Crippen molar-refractivity contribution in [1.29, 1.82) is 0 Å². The smallest absolute Gasteiger partial charge is 0.193 e. The Morgan fingerprint density at radius 3 is 1.65 bits per heavy atom. The first-order chi connectivity index (χ1) is 12.5. The average Bonchev–Trinajstić information content (AvgIpc) is 2.67. The highest BCUT2D eigenvalue weighted by atomic mass is 16.1. The van der Waals surface area contributed by atoms with Crippen LogP contribution >= 0.6 is 0 Å². The van der Waals surface area contributed by atoms with Crippen LogP contribution in [-0.2, 0) is 0 Å². The van der Waals surface area contributed by atoms with Crippen molar-refractivity contribution in [2.45, 2.75) is 13.8 Å². The van der Waals surface area contributed by atoms with Crippen molar-refractivity contribution in [3.05, 3.63) is 113 Å². The van der Waals surface area contributed by atoms with Gasteiger partial charge in [-0.2, -0.15) is 0 Å². The second-order valence-electron chi connectivity index (χ2n) is 6.35. The Kier molecular flexibility index (Phi) is 5.23. The number of aryl methyl sites for hydroxylation is 2. The van der Waals surface area contributed by atoms with Gasteiger partial charge in [0.15, 0.2) is 11.6 Å². The Balaban J connectivity index is 2.03. The predicted molar refractivity (Wildman–Crippen MR) is 105 cm³/mol. The number of ketones is 2. The van der Waals surface area contributed by atoms with E-state index < -0.39 is 0 Å². The maximum atomic E-state index is 13.1. The molecule has 3 aromatic carbocycles. The summed E-state index contributed by atoms with van der Waals surface area (Å²) in [6.07, 6.45) is 1.45. The van der Waals surface area contributed by atoms with Crippen molar-refractivity contribution in [2.24, 2.45) is 0 Å². The summed E-state index contributed by atoms with van der Waals surface area (Å²) in [4.78, 5) is 25.8. The van der Waals surface area contributed by atoms with Crippen molar-refractivity contribution >= 4 is 17.1 Å². The number of benzene rings is 3. The Bertz CT molecular complexity index is 947. The SMILES string of the molecule is Cc1ccc(C(=O)C=C(C(=O)c2ccc(C)cc2)c2ccccc2)cc1. The molecule has 0 saturated heterocycles. The molecule has 0 aliphatic rings. The molecule has 2 heteroatoms. The van der Waals surface area contributed by atoms with E-state index in [0.29, 0.717) is 16.7 Å². The predicted octanol–water partition coefficient (Wildman–Crippen LogP) is 5.45. The van der Waals surface area contributed by atoms with Crippen LogP contribution in [0.1, 0.15) is 37.4 Å². The Morgan fingerprint density at radius 2 is 1.12 bits per heavy atom. The fraction of sp³-hybridized carbons (Fsp3) is 0.0833. The van der Waals surface area contributed by atoms with E-state index in [1.54, 1.807) is 24.3 Å². The Morgan fingerprint density at radius 1 is 0.615 bits per heavy atom. The fourth-order valence-corrected chi connectivity index (χ4v) is 2.69. The maximum absolute atomic E-state index is 13.1. The van der Waals surface area contributed by atoms with E-state index in [0.717, 1.165) is 16.7 Å². The largest absolute Gasteiger partial charge is 0.289 e. The molecular formula is C24H20O2. The van der Waals surface area contributed by atoms with Gasteiger partial charge in [-0.15, -0.1) is 0 Å². The second-order valence-corrected chi connectivity index (χ2v) is 6.35. The molecule has 0 bridgehead atoms. The van der Waals surface area contributed by atoms with Crippen LogP contribution in [0.25, 0.3) is 5.57 Å². The first-order valence-electron chi connectivity index (χ1n) is 8.54. The lowest BCUT2D eigenvalue weighted by atomic mass is 9.94. The first kappa shape index (κ1) is 17.6. The number of allylic oxidation sites excluding steroid dienone is 2. The van der Waals surface area contributed by atoms with Gasteiger partial charge in [0.1, 0.15) is 0 Å². The molecule has 26 heavy (non-hydrogen) atoms. The van der Waals surface area contributed by atoms with Crippen molar-refractivity contribution in [2.75, 3.05) is 0 Å². The van der Waals surface area contributed by atoms with Crippen LogP contribution < -0.4 is 0 Å². The summed E-state index contributed by atoms with van der Waals surface area (Å²) >= 11 is 0. The number of Topliss-reactive ketones (excluding diaryl/α,β-unsaturated/α-hetero) is 1. The normalized spacial score (nSPS) is 11.2. The van der Waals surface area contributed by atoms with E-state index in [9.17, 15) is 9.59 Å². The van der Waals surface area contributed by atoms with Gasteiger partial charge < -0.3 is 0 Å². The van der Waals surface area contributed by atoms with Gasteiger partial charge in [0.05, 0.1) is 0 Å². The van der Waals surface area contributed by atoms with Crippen molar-refractivity contribution in [3.63, 3.8) is 0 Å². The van der Waals surface area contributed by atoms with E-state index in [1.807, 2.05) is 68.4 Å². The van der Waals surface area contributed by atoms with Gasteiger partial charge in [0, 0.05) is 16.7 Å². The first-order valence-corrected chi connectivity index (χ1v) is 8.54. The molecule has 0 aromatic heterocycles. The van der Waals surface area contributed by atoms with Crippen LogP contribution in [-0.4, -0.2) is 11.6 Å². The lowest BCUT2D eigenvalue weighted by Crippen LogP contribution is -2.06. The summed E-state index contributed by atoms with van der Waals surface area (Å²) in [6.45, 7) is 3.95. The van der Waals surface area contributed by atoms with Gasteiger partial charge in [-0.05, 0) is 25.5 Å². The molecule has 0 atom stereocenters. The molecule has 0 unspecified atom stereocenters. The highest BCUT2D eigenvalue weighted by molar-refractivity contribution is 6.32. The molecule has 0 spiro atoms. The summed E-state index contributed by atoms with van der Waals surface area (Å²) in [5.74, 6) is -0.332. The van der Waals surface area contributed by atoms with E-state index in [-0.39, 0.29) is 11.6 Å². The van der Waals surface area contributed by atoms with Crippen molar-refractivity contribution < 1.29 is 9.59 Å². The molecule has 0 aliphatic carbocycles. The second kappa shape index (κ2) is 7.75. The van der Waals surface area contributed by atoms with Gasteiger partial charge in [-0.1, -0.05) is 90.0 Å². The summed E-state index contributed by atoms with van der Waals surface area (Å²) < 4.78 is 0. The van der Waals surface area contributed by atoms with Crippen molar-refractivity contribution in [3.8, 4) is 0 Å². The zero-order chi connectivity index (χ0) is 18.5. The zero-order valence-corrected chi connectivity index (χ0v) is 14.9. The third-order valence-electron chi connectivity index (χ3n) is 4.25. The molecule has 0 radical (unpaired) electrons. The molecule has 0 fully saturated rings. The monoisotopic (exact) mass is 340 g/mol. The molecule has 3 rings (SSSR count). The van der Waals surface area contributed by atoms with Gasteiger partial charge in [0.2, 0.25) is 0 Å². The molecule has 3 aromatic rings. The Hall–Kier alpha value is -3.26. The highest BCUT2D eigenvalue weighted by Crippen LogP contribution is 2.21. The minimum Gasteiger partial charge on any atom is -0.289 e. The fourth-order valence-electron chi connectivity index (χ4n) is 2.69. The lowest BCUT2D eigenvalue weighted by molar-refractivity contribution is 0.102. The summed E-state index contributed by atoms with van der Waals surface area (Å²) in [5.41, 5.74) is 4.45. The van der Waals surface area contributed by atoms with Crippen LogP contribution in [0.15, 0.2) is 84.9 Å². The average molecular weight is 340 g/mol. The standard InChI is InChI=1S/C24H20O2/c1-17-8-12-20(13-9-17)23(25)16-22(19-6-4-3-5-7-19)24(26)21-14-10-18(2)11-15-21/h3-16H,1-2H3. The van der Waals surface area contributed by atoms with E-state index in [2.05, 4.69) is 0 Å². The summed E-state index contributed by atoms with van der Waals surface area (Å²) in [6, 6.07) is 24.1. The molecule has 0 heterocycles. The topological polar surface area (TPSA) is 34.1 Å². The number of carbonyl (C=O) groups is 2. The maximum Gasteiger partial charge on any atom is 0.193 e. The minimum atomic E-state index is -0.177. The minimum absolute atomic E-state index is 0.156. The van der Waals surface area contributed by atoms with E-state index >= 15 is 0 Å². The molecule has 0 aliphatic heterocycles. The van der Waals surface area contributed by atoms with E-state index in [4.69, 9.17) is 0 Å². The summed E-state index contributed by atoms with van der Waals surface area (Å²) in [5, 5.41) is 0. The molecule has 2 nitrogen and oxygen atoms in total. The van der Waals surface area contributed by atoms with Crippen LogP contribution in [0.5, 0.6) is 0 Å². The van der Waals surface area contributed by atoms with Gasteiger partial charge in [0.25, 0.3) is 0 Å². The van der Waals surface area contributed by atoms with Crippen LogP contribution in [0.3, 0.4) is 0 Å². The number of hydrogen-bond donors (Lipinski definition) is 0. The van der Waals surface area contributed by atoms with Crippen LogP contribution in [0.4, 0.5) is 0 Å². The molecule has 128 valence electrons. The quantitative estimate of drug-likeness (QED) is 0.457. The highest BCUT2D eigenvalue weighted by Gasteiger charge is 2.16. The molecule has 0 saturated carbocycles. The van der Waals surface area contributed by atoms with Gasteiger partial charge in [-0.25, -0.2) is 0 Å². The number of hydrogen-bond acceptors (Lipinski definition) is 2. The third kappa shape index (κ3) is 4.04. The number of carbonyl (C=O) groups excluding carboxylic acids is 2. The van der Waals surface area contributed by atoms with Gasteiger partial charge in [-0.3, -0.25) is 9.59 Å². The third-order valence-corrected chi connectivity index (χ3v) is 4.25. The molecule has 0 amide bonds. The summed E-state index contributed by atoms with van der Waals surface area (Å²) in [7, 11) is 0. The van der Waals surface area contributed by atoms with Gasteiger partial charge >= 0.3 is 0 Å². The molecular weight excluding hydrogens is 320 g/mol. The molecule has 0 N–H and O–H groups in total. The lowest BCUT2D eigenvalue weighted by Gasteiger charge is -2.08. The van der Waals surface area contributed by atoms with Crippen LogP contribution in [0, 0.1) is 13.8 Å². The van der Waals surface area contributed by atoms with Crippen molar-refractivity contribution in [1.82, 2.24) is 0 Å². The zero-order valence-electron chi connectivity index (χ0n) is 14.9.